The van der Waals surface area contributed by atoms with Crippen LogP contribution in [0.5, 0.6) is 0 Å². The van der Waals surface area contributed by atoms with Gasteiger partial charge in [0.1, 0.15) is 0 Å². The third kappa shape index (κ3) is 6.02. The van der Waals surface area contributed by atoms with Gasteiger partial charge in [0.25, 0.3) is 0 Å². The van der Waals surface area contributed by atoms with Gasteiger partial charge in [0.2, 0.25) is 5.16 Å². The van der Waals surface area contributed by atoms with E-state index < -0.39 is 0 Å². The van der Waals surface area contributed by atoms with Crippen molar-refractivity contribution in [3.8, 4) is 0 Å². The molecular formula is C11H23N5S. The summed E-state index contributed by atoms with van der Waals surface area (Å²) in [4.78, 5) is 0. The molecule has 0 aliphatic carbocycles. The number of hydrogen-bond donors (Lipinski definition) is 1. The summed E-state index contributed by atoms with van der Waals surface area (Å²) in [6.45, 7) is 7.09. The summed E-state index contributed by atoms with van der Waals surface area (Å²) in [7, 11) is 0. The van der Waals surface area contributed by atoms with Crippen LogP contribution >= 0.6 is 11.8 Å². The maximum absolute atomic E-state index is 4.05. The third-order valence-corrected chi connectivity index (χ3v) is 3.52. The van der Waals surface area contributed by atoms with Crippen LogP contribution in [0, 0.1) is 0 Å². The summed E-state index contributed by atoms with van der Waals surface area (Å²) in [5.41, 5.74) is 0. The predicted octanol–water partition coefficient (Wildman–Crippen LogP) is 1.95. The molecule has 0 fully saturated rings. The molecule has 1 N–H and O–H groups in total. The van der Waals surface area contributed by atoms with Crippen LogP contribution < -0.4 is 5.32 Å². The standard InChI is InChI=1S/C11H23N5S/c1-3-5-6-7-10-17-11-13-14-15-16(11)9-8-12-4-2/h12H,3-10H2,1-2H3. The molecule has 0 aliphatic heterocycles. The van der Waals surface area contributed by atoms with Gasteiger partial charge in [-0.15, -0.1) is 5.10 Å². The molecule has 1 heterocycles. The Labute approximate surface area is 108 Å². The minimum Gasteiger partial charge on any atom is -0.315 e. The van der Waals surface area contributed by atoms with E-state index in [-0.39, 0.29) is 0 Å². The smallest absolute Gasteiger partial charge is 0.209 e. The number of unbranched alkanes of at least 4 members (excludes halogenated alkanes) is 3. The summed E-state index contributed by atoms with van der Waals surface area (Å²) in [6.07, 6.45) is 5.16. The van der Waals surface area contributed by atoms with Crippen molar-refractivity contribution >= 4 is 11.8 Å². The van der Waals surface area contributed by atoms with Crippen LogP contribution in [0.3, 0.4) is 0 Å². The van der Waals surface area contributed by atoms with Crippen molar-refractivity contribution in [2.24, 2.45) is 0 Å². The summed E-state index contributed by atoms with van der Waals surface area (Å²) in [6, 6.07) is 0. The van der Waals surface area contributed by atoms with Crippen molar-refractivity contribution in [1.29, 1.82) is 0 Å². The lowest BCUT2D eigenvalue weighted by Crippen LogP contribution is -2.20. The molecule has 17 heavy (non-hydrogen) atoms. The highest BCUT2D eigenvalue weighted by molar-refractivity contribution is 7.99. The zero-order valence-electron chi connectivity index (χ0n) is 10.9. The molecule has 0 radical (unpaired) electrons. The lowest BCUT2D eigenvalue weighted by atomic mass is 10.2. The van der Waals surface area contributed by atoms with Gasteiger partial charge in [-0.3, -0.25) is 0 Å². The fraction of sp³-hybridized carbons (Fsp3) is 0.909. The number of nitrogens with zero attached hydrogens (tertiary/aromatic N) is 4. The molecule has 0 aromatic carbocycles. The van der Waals surface area contributed by atoms with E-state index in [1.165, 1.54) is 25.7 Å². The van der Waals surface area contributed by atoms with Gasteiger partial charge < -0.3 is 5.32 Å². The van der Waals surface area contributed by atoms with Crippen LogP contribution in [0.2, 0.25) is 0 Å². The Morgan fingerprint density at radius 3 is 2.88 bits per heavy atom. The summed E-state index contributed by atoms with van der Waals surface area (Å²) >= 11 is 1.76. The van der Waals surface area contributed by atoms with E-state index in [2.05, 4.69) is 34.7 Å². The van der Waals surface area contributed by atoms with Crippen LogP contribution in [-0.2, 0) is 6.54 Å². The van der Waals surface area contributed by atoms with Crippen molar-refractivity contribution in [2.75, 3.05) is 18.8 Å². The molecule has 0 bridgehead atoms. The highest BCUT2D eigenvalue weighted by Gasteiger charge is 2.05. The molecule has 1 aromatic heterocycles. The van der Waals surface area contributed by atoms with E-state index in [9.17, 15) is 0 Å². The Balaban J connectivity index is 2.20. The van der Waals surface area contributed by atoms with Gasteiger partial charge in [-0.25, -0.2) is 4.68 Å². The van der Waals surface area contributed by atoms with Crippen molar-refractivity contribution in [3.63, 3.8) is 0 Å². The van der Waals surface area contributed by atoms with Crippen LogP contribution in [0.1, 0.15) is 39.5 Å². The van der Waals surface area contributed by atoms with Crippen LogP contribution in [0.15, 0.2) is 5.16 Å². The number of likely N-dealkylation sites (N-methyl/N-ethyl adjacent to an activating group) is 1. The first-order valence-corrected chi connectivity index (χ1v) is 7.46. The van der Waals surface area contributed by atoms with E-state index in [1.807, 2.05) is 4.68 Å². The highest BCUT2D eigenvalue weighted by atomic mass is 32.2. The number of aromatic nitrogens is 4. The summed E-state index contributed by atoms with van der Waals surface area (Å²) in [5, 5.41) is 16.0. The van der Waals surface area contributed by atoms with Gasteiger partial charge in [-0.2, -0.15) is 0 Å². The van der Waals surface area contributed by atoms with E-state index in [0.717, 1.165) is 30.5 Å². The Kier molecular flexibility index (Phi) is 8.00. The summed E-state index contributed by atoms with van der Waals surface area (Å²) in [5.74, 6) is 1.11. The van der Waals surface area contributed by atoms with E-state index in [1.54, 1.807) is 11.8 Å². The Morgan fingerprint density at radius 2 is 2.12 bits per heavy atom. The van der Waals surface area contributed by atoms with Crippen molar-refractivity contribution < 1.29 is 0 Å². The lowest BCUT2D eigenvalue weighted by molar-refractivity contribution is 0.517. The normalized spacial score (nSPS) is 10.9. The van der Waals surface area contributed by atoms with E-state index >= 15 is 0 Å². The Morgan fingerprint density at radius 1 is 1.24 bits per heavy atom. The van der Waals surface area contributed by atoms with E-state index in [0.29, 0.717) is 0 Å². The molecular weight excluding hydrogens is 234 g/mol. The average Bonchev–Trinajstić information content (AvgIpc) is 2.77. The number of rotatable bonds is 10. The first-order chi connectivity index (χ1) is 8.38. The molecule has 0 unspecified atom stereocenters. The van der Waals surface area contributed by atoms with Gasteiger partial charge in [0.05, 0.1) is 6.54 Å². The quantitative estimate of drug-likeness (QED) is 0.513. The molecule has 0 saturated carbocycles. The largest absolute Gasteiger partial charge is 0.315 e. The molecule has 0 spiro atoms. The topological polar surface area (TPSA) is 55.6 Å². The SMILES string of the molecule is CCCCCCSc1nnnn1CCNCC. The molecule has 5 nitrogen and oxygen atoms in total. The number of nitrogens with one attached hydrogen (secondary N) is 1. The van der Waals surface area contributed by atoms with E-state index in [4.69, 9.17) is 0 Å². The zero-order valence-corrected chi connectivity index (χ0v) is 11.7. The van der Waals surface area contributed by atoms with Crippen molar-refractivity contribution in [2.45, 2.75) is 51.2 Å². The van der Waals surface area contributed by atoms with Gasteiger partial charge >= 0.3 is 0 Å². The molecule has 0 saturated heterocycles. The van der Waals surface area contributed by atoms with Crippen molar-refractivity contribution in [1.82, 2.24) is 25.5 Å². The number of hydrogen-bond acceptors (Lipinski definition) is 5. The average molecular weight is 257 g/mol. The zero-order chi connectivity index (χ0) is 12.3. The number of thioether (sulfide) groups is 1. The maximum Gasteiger partial charge on any atom is 0.209 e. The molecule has 6 heteroatoms. The first kappa shape index (κ1) is 14.4. The molecule has 0 aliphatic rings. The fourth-order valence-corrected chi connectivity index (χ4v) is 2.40. The maximum atomic E-state index is 4.05. The predicted molar refractivity (Wildman–Crippen MR) is 71.2 cm³/mol. The third-order valence-electron chi connectivity index (χ3n) is 2.48. The highest BCUT2D eigenvalue weighted by Crippen LogP contribution is 2.16. The fourth-order valence-electron chi connectivity index (χ4n) is 1.49. The first-order valence-electron chi connectivity index (χ1n) is 6.48. The van der Waals surface area contributed by atoms with Crippen LogP contribution in [-0.4, -0.2) is 39.0 Å². The van der Waals surface area contributed by atoms with Gasteiger partial charge in [0.15, 0.2) is 0 Å². The second kappa shape index (κ2) is 9.41. The second-order valence-corrected chi connectivity index (χ2v) is 5.01. The minimum atomic E-state index is 0.845. The lowest BCUT2D eigenvalue weighted by Gasteiger charge is -2.04. The summed E-state index contributed by atoms with van der Waals surface area (Å²) < 4.78 is 1.88. The Bertz CT molecular complexity index is 289. The Hall–Kier alpha value is -0.620. The van der Waals surface area contributed by atoms with Crippen LogP contribution in [0.25, 0.3) is 0 Å². The van der Waals surface area contributed by atoms with Crippen molar-refractivity contribution in [3.05, 3.63) is 0 Å². The van der Waals surface area contributed by atoms with Crippen LogP contribution in [0.4, 0.5) is 0 Å². The molecule has 0 amide bonds. The van der Waals surface area contributed by atoms with Gasteiger partial charge in [0, 0.05) is 12.3 Å². The second-order valence-electron chi connectivity index (χ2n) is 3.95. The molecule has 0 atom stereocenters. The molecule has 1 rings (SSSR count). The number of tetrazole rings is 1. The van der Waals surface area contributed by atoms with Gasteiger partial charge in [-0.05, 0) is 23.4 Å². The molecule has 98 valence electrons. The monoisotopic (exact) mass is 257 g/mol. The van der Waals surface area contributed by atoms with Gasteiger partial charge in [-0.1, -0.05) is 44.9 Å². The minimum absolute atomic E-state index is 0.845. The molecule has 1 aromatic rings.